The number of esters is 3. The average molecular weight is 865 g/mol. The van der Waals surface area contributed by atoms with Crippen molar-refractivity contribution in [3.63, 3.8) is 0 Å². The van der Waals surface area contributed by atoms with Gasteiger partial charge < -0.3 is 14.2 Å². The Morgan fingerprint density at radius 1 is 0.355 bits per heavy atom. The molecule has 0 N–H and O–H groups in total. The Balaban J connectivity index is 4.41. The van der Waals surface area contributed by atoms with Crippen LogP contribution in [0.15, 0.2) is 72.9 Å². The Kier molecular flexibility index (Phi) is 47.9. The molecular formula is C56H96O6. The molecule has 0 saturated carbocycles. The topological polar surface area (TPSA) is 78.9 Å². The number of hydrogen-bond acceptors (Lipinski definition) is 6. The summed E-state index contributed by atoms with van der Waals surface area (Å²) in [5.74, 6) is -0.928. The number of unbranched alkanes of at least 4 members (excludes halogenated alkanes) is 24. The first-order valence-corrected chi connectivity index (χ1v) is 26.0. The molecule has 0 bridgehead atoms. The average Bonchev–Trinajstić information content (AvgIpc) is 3.27. The van der Waals surface area contributed by atoms with E-state index in [1.807, 2.05) is 0 Å². The van der Waals surface area contributed by atoms with Crippen molar-refractivity contribution in [2.75, 3.05) is 13.2 Å². The SMILES string of the molecule is CC/C=C\C/C=C\CCCCCCCCCC(=O)OC(COC(=O)CCCCCCC/C=C\C=C/CCCCCCCCC)COC(=O)CCCCCCC/C=C\C/C=C\CC. The smallest absolute Gasteiger partial charge is 0.306 e. The van der Waals surface area contributed by atoms with Gasteiger partial charge in [0.1, 0.15) is 13.2 Å². The fourth-order valence-electron chi connectivity index (χ4n) is 7.10. The van der Waals surface area contributed by atoms with Gasteiger partial charge in [0.15, 0.2) is 6.10 Å². The molecule has 0 amide bonds. The van der Waals surface area contributed by atoms with Crippen molar-refractivity contribution < 1.29 is 28.6 Å². The highest BCUT2D eigenvalue weighted by Crippen LogP contribution is 2.14. The maximum Gasteiger partial charge on any atom is 0.306 e. The van der Waals surface area contributed by atoms with Crippen molar-refractivity contribution in [3.8, 4) is 0 Å². The maximum absolute atomic E-state index is 12.8. The lowest BCUT2D eigenvalue weighted by molar-refractivity contribution is -0.167. The molecule has 0 fully saturated rings. The third-order valence-corrected chi connectivity index (χ3v) is 11.0. The van der Waals surface area contributed by atoms with Crippen molar-refractivity contribution in [1.82, 2.24) is 0 Å². The van der Waals surface area contributed by atoms with Gasteiger partial charge in [-0.2, -0.15) is 0 Å². The largest absolute Gasteiger partial charge is 0.462 e. The van der Waals surface area contributed by atoms with Crippen LogP contribution in [0.1, 0.15) is 245 Å². The van der Waals surface area contributed by atoms with Crippen LogP contribution < -0.4 is 0 Å². The van der Waals surface area contributed by atoms with Crippen molar-refractivity contribution in [1.29, 1.82) is 0 Å². The van der Waals surface area contributed by atoms with Gasteiger partial charge in [-0.05, 0) is 96.3 Å². The molecule has 0 aromatic heterocycles. The first-order valence-electron chi connectivity index (χ1n) is 26.0. The maximum atomic E-state index is 12.8. The van der Waals surface area contributed by atoms with Crippen molar-refractivity contribution in [2.24, 2.45) is 0 Å². The molecule has 0 radical (unpaired) electrons. The standard InChI is InChI=1S/C56H96O6/c1-4-7-10-13-16-19-22-25-27-28-29-30-32-34-37-40-43-46-49-55(58)61-52-53(51-60-54(57)48-45-42-39-36-33-24-21-18-15-12-9-6-3)62-56(59)50-47-44-41-38-35-31-26-23-20-17-14-11-8-5-2/h8-9,11-12,17-18,20-21,27-30,53H,4-7,10,13-16,19,22-26,31-52H2,1-3H3/b11-8-,12-9-,20-17-,21-18-,28-27-,30-29-. The van der Waals surface area contributed by atoms with E-state index in [0.29, 0.717) is 19.3 Å². The Bertz CT molecular complexity index is 1180. The molecule has 6 heteroatoms. The monoisotopic (exact) mass is 865 g/mol. The third kappa shape index (κ3) is 47.9. The van der Waals surface area contributed by atoms with E-state index in [1.54, 1.807) is 0 Å². The van der Waals surface area contributed by atoms with Gasteiger partial charge in [0.25, 0.3) is 0 Å². The second kappa shape index (κ2) is 50.5. The predicted molar refractivity (Wildman–Crippen MR) is 265 cm³/mol. The molecule has 1 atom stereocenters. The Morgan fingerprint density at radius 2 is 0.677 bits per heavy atom. The van der Waals surface area contributed by atoms with Crippen LogP contribution in [0.3, 0.4) is 0 Å². The molecule has 0 aromatic rings. The van der Waals surface area contributed by atoms with E-state index in [-0.39, 0.29) is 31.1 Å². The fraction of sp³-hybridized carbons (Fsp3) is 0.732. The normalized spacial score (nSPS) is 12.6. The highest BCUT2D eigenvalue weighted by Gasteiger charge is 2.19. The number of carbonyl (C=O) groups excluding carboxylic acids is 3. The zero-order valence-corrected chi connectivity index (χ0v) is 40.6. The molecule has 0 spiro atoms. The molecule has 1 unspecified atom stereocenters. The van der Waals surface area contributed by atoms with Crippen LogP contribution in [0.4, 0.5) is 0 Å². The number of hydrogen-bond donors (Lipinski definition) is 0. The molecule has 6 nitrogen and oxygen atoms in total. The van der Waals surface area contributed by atoms with Crippen LogP contribution in [-0.4, -0.2) is 37.2 Å². The lowest BCUT2D eigenvalue weighted by Crippen LogP contribution is -2.30. The lowest BCUT2D eigenvalue weighted by atomic mass is 10.1. The highest BCUT2D eigenvalue weighted by molar-refractivity contribution is 5.71. The van der Waals surface area contributed by atoms with Crippen molar-refractivity contribution in [2.45, 2.75) is 252 Å². The van der Waals surface area contributed by atoms with Gasteiger partial charge in [0.05, 0.1) is 0 Å². The van der Waals surface area contributed by atoms with Gasteiger partial charge >= 0.3 is 17.9 Å². The minimum Gasteiger partial charge on any atom is -0.462 e. The zero-order valence-electron chi connectivity index (χ0n) is 40.6. The van der Waals surface area contributed by atoms with Gasteiger partial charge in [0.2, 0.25) is 0 Å². The molecule has 62 heavy (non-hydrogen) atoms. The number of ether oxygens (including phenoxy) is 3. The summed E-state index contributed by atoms with van der Waals surface area (Å²) in [5.41, 5.74) is 0. The zero-order chi connectivity index (χ0) is 45.1. The van der Waals surface area contributed by atoms with Crippen LogP contribution in [-0.2, 0) is 28.6 Å². The molecule has 0 aromatic carbocycles. The predicted octanol–water partition coefficient (Wildman–Crippen LogP) is 17.0. The van der Waals surface area contributed by atoms with E-state index < -0.39 is 6.10 Å². The second-order valence-electron chi connectivity index (χ2n) is 17.0. The van der Waals surface area contributed by atoms with E-state index in [0.717, 1.165) is 128 Å². The van der Waals surface area contributed by atoms with E-state index in [9.17, 15) is 14.4 Å². The van der Waals surface area contributed by atoms with Gasteiger partial charge in [-0.1, -0.05) is 203 Å². The fourth-order valence-corrected chi connectivity index (χ4v) is 7.10. The van der Waals surface area contributed by atoms with Crippen LogP contribution >= 0.6 is 0 Å². The first-order chi connectivity index (χ1) is 30.5. The summed E-state index contributed by atoms with van der Waals surface area (Å²) in [5, 5.41) is 0. The van der Waals surface area contributed by atoms with Crippen LogP contribution in [0, 0.1) is 0 Å². The molecule has 0 saturated heterocycles. The molecule has 0 heterocycles. The van der Waals surface area contributed by atoms with Crippen LogP contribution in [0.2, 0.25) is 0 Å². The number of carbonyl (C=O) groups is 3. The number of rotatable bonds is 46. The lowest BCUT2D eigenvalue weighted by Gasteiger charge is -2.18. The van der Waals surface area contributed by atoms with Gasteiger partial charge in [0, 0.05) is 19.3 Å². The second-order valence-corrected chi connectivity index (χ2v) is 17.0. The molecular weight excluding hydrogens is 769 g/mol. The third-order valence-electron chi connectivity index (χ3n) is 11.0. The van der Waals surface area contributed by atoms with E-state index in [2.05, 4.69) is 93.7 Å². The summed E-state index contributed by atoms with van der Waals surface area (Å²) >= 11 is 0. The van der Waals surface area contributed by atoms with Gasteiger partial charge in [-0.15, -0.1) is 0 Å². The minimum atomic E-state index is -0.791. The summed E-state index contributed by atoms with van der Waals surface area (Å²) in [7, 11) is 0. The van der Waals surface area contributed by atoms with Crippen LogP contribution in [0.5, 0.6) is 0 Å². The summed E-state index contributed by atoms with van der Waals surface area (Å²) in [4.78, 5) is 38.0. The van der Waals surface area contributed by atoms with Crippen LogP contribution in [0.25, 0.3) is 0 Å². The first kappa shape index (κ1) is 58.9. The summed E-state index contributed by atoms with van der Waals surface area (Å²) in [6, 6.07) is 0. The molecule has 356 valence electrons. The summed E-state index contributed by atoms with van der Waals surface area (Å²) < 4.78 is 16.8. The summed E-state index contributed by atoms with van der Waals surface area (Å²) in [6.45, 7) is 6.39. The highest BCUT2D eigenvalue weighted by atomic mass is 16.6. The van der Waals surface area contributed by atoms with Crippen molar-refractivity contribution >= 4 is 17.9 Å². The Hall–Kier alpha value is -3.15. The summed E-state index contributed by atoms with van der Waals surface area (Å²) in [6.07, 6.45) is 63.2. The van der Waals surface area contributed by atoms with Gasteiger partial charge in [-0.3, -0.25) is 14.4 Å². The van der Waals surface area contributed by atoms with Crippen molar-refractivity contribution in [3.05, 3.63) is 72.9 Å². The molecule has 0 rings (SSSR count). The quantitative estimate of drug-likeness (QED) is 0.0199. The van der Waals surface area contributed by atoms with E-state index in [4.69, 9.17) is 14.2 Å². The van der Waals surface area contributed by atoms with E-state index in [1.165, 1.54) is 77.0 Å². The molecule has 0 aliphatic rings. The minimum absolute atomic E-state index is 0.0916. The van der Waals surface area contributed by atoms with Gasteiger partial charge in [-0.25, -0.2) is 0 Å². The Morgan fingerprint density at radius 3 is 1.06 bits per heavy atom. The Labute approximate surface area is 382 Å². The molecule has 0 aliphatic carbocycles. The molecule has 0 aliphatic heterocycles. The van der Waals surface area contributed by atoms with E-state index >= 15 is 0 Å². The number of allylic oxidation sites excluding steroid dienone is 12.